The van der Waals surface area contributed by atoms with Crippen LogP contribution in [0.5, 0.6) is 11.5 Å². The van der Waals surface area contributed by atoms with Crippen LogP contribution in [0, 0.1) is 0 Å². The number of rotatable bonds is 7. The van der Waals surface area contributed by atoms with E-state index in [1.807, 2.05) is 33.8 Å². The monoisotopic (exact) mass is 251 g/mol. The maximum atomic E-state index is 5.81. The lowest BCUT2D eigenvalue weighted by Crippen LogP contribution is -2.11. The molecule has 0 aliphatic rings. The van der Waals surface area contributed by atoms with Gasteiger partial charge in [-0.15, -0.1) is 0 Å². The lowest BCUT2D eigenvalue weighted by atomic mass is 10.1. The van der Waals surface area contributed by atoms with E-state index < -0.39 is 0 Å². The van der Waals surface area contributed by atoms with Gasteiger partial charge in [0.05, 0.1) is 12.2 Å². The third-order valence-corrected chi connectivity index (χ3v) is 2.40. The molecule has 3 nitrogen and oxygen atoms in total. The van der Waals surface area contributed by atoms with Gasteiger partial charge < -0.3 is 15.2 Å². The van der Waals surface area contributed by atoms with Gasteiger partial charge in [-0.1, -0.05) is 6.07 Å². The number of hydrogen-bond donors (Lipinski definition) is 1. The first-order chi connectivity index (χ1) is 8.52. The molecule has 18 heavy (non-hydrogen) atoms. The van der Waals surface area contributed by atoms with Crippen LogP contribution in [0.2, 0.25) is 0 Å². The SMILES string of the molecule is CC(C)Oc1ccc(CCCN)cc1OC(C)C. The lowest BCUT2D eigenvalue weighted by molar-refractivity contribution is 0.198. The molecule has 0 amide bonds. The Morgan fingerprint density at radius 2 is 1.61 bits per heavy atom. The molecule has 0 aliphatic carbocycles. The second-order valence-electron chi connectivity index (χ2n) is 5.01. The number of nitrogens with two attached hydrogens (primary N) is 1. The molecule has 2 N–H and O–H groups in total. The summed E-state index contributed by atoms with van der Waals surface area (Å²) < 4.78 is 11.6. The maximum absolute atomic E-state index is 5.81. The smallest absolute Gasteiger partial charge is 0.161 e. The largest absolute Gasteiger partial charge is 0.487 e. The van der Waals surface area contributed by atoms with Crippen molar-refractivity contribution < 1.29 is 9.47 Å². The molecule has 3 heteroatoms. The van der Waals surface area contributed by atoms with Gasteiger partial charge in [0, 0.05) is 0 Å². The Bertz CT molecular complexity index is 362. The van der Waals surface area contributed by atoms with Crippen LogP contribution in [0.15, 0.2) is 18.2 Å². The molecule has 102 valence electrons. The Morgan fingerprint density at radius 3 is 2.17 bits per heavy atom. The molecular formula is C15H25NO2. The molecule has 0 radical (unpaired) electrons. The minimum atomic E-state index is 0.143. The molecule has 0 unspecified atom stereocenters. The third-order valence-electron chi connectivity index (χ3n) is 2.40. The summed E-state index contributed by atoms with van der Waals surface area (Å²) >= 11 is 0. The van der Waals surface area contributed by atoms with Gasteiger partial charge in [-0.3, -0.25) is 0 Å². The summed E-state index contributed by atoms with van der Waals surface area (Å²) in [7, 11) is 0. The molecule has 0 atom stereocenters. The Hall–Kier alpha value is -1.22. The fourth-order valence-corrected chi connectivity index (χ4v) is 1.71. The number of aryl methyl sites for hydroxylation is 1. The molecule has 0 aromatic heterocycles. The van der Waals surface area contributed by atoms with Crippen LogP contribution in [0.1, 0.15) is 39.7 Å². The Labute approximate surface area is 110 Å². The topological polar surface area (TPSA) is 44.5 Å². The standard InChI is InChI=1S/C15H25NO2/c1-11(2)17-14-8-7-13(6-5-9-16)10-15(14)18-12(3)4/h7-8,10-12H,5-6,9,16H2,1-4H3. The van der Waals surface area contributed by atoms with Crippen molar-refractivity contribution in [3.8, 4) is 11.5 Å². The minimum Gasteiger partial charge on any atom is -0.487 e. The van der Waals surface area contributed by atoms with Crippen molar-refractivity contribution in [3.63, 3.8) is 0 Å². The Kier molecular flexibility index (Phi) is 5.99. The summed E-state index contributed by atoms with van der Waals surface area (Å²) in [6.07, 6.45) is 2.26. The summed E-state index contributed by atoms with van der Waals surface area (Å²) in [4.78, 5) is 0. The van der Waals surface area contributed by atoms with Crippen LogP contribution in [0.25, 0.3) is 0 Å². The molecule has 1 aromatic rings. The first kappa shape index (κ1) is 14.8. The average Bonchev–Trinajstić information content (AvgIpc) is 2.28. The summed E-state index contributed by atoms with van der Waals surface area (Å²) in [5.41, 5.74) is 6.78. The van der Waals surface area contributed by atoms with Gasteiger partial charge in [0.1, 0.15) is 0 Å². The normalized spacial score (nSPS) is 11.1. The average molecular weight is 251 g/mol. The lowest BCUT2D eigenvalue weighted by Gasteiger charge is -2.18. The van der Waals surface area contributed by atoms with Gasteiger partial charge in [-0.2, -0.15) is 0 Å². The molecule has 1 aromatic carbocycles. The zero-order valence-electron chi connectivity index (χ0n) is 11.9. The predicted octanol–water partition coefficient (Wildman–Crippen LogP) is 3.15. The van der Waals surface area contributed by atoms with E-state index in [-0.39, 0.29) is 12.2 Å². The van der Waals surface area contributed by atoms with Crippen LogP contribution in [-0.2, 0) is 6.42 Å². The van der Waals surface area contributed by atoms with Crippen molar-refractivity contribution in [2.45, 2.75) is 52.7 Å². The fourth-order valence-electron chi connectivity index (χ4n) is 1.71. The molecule has 0 saturated carbocycles. The fraction of sp³-hybridized carbons (Fsp3) is 0.600. The highest BCUT2D eigenvalue weighted by Crippen LogP contribution is 2.30. The van der Waals surface area contributed by atoms with Crippen LogP contribution in [-0.4, -0.2) is 18.8 Å². The highest BCUT2D eigenvalue weighted by molar-refractivity contribution is 5.43. The van der Waals surface area contributed by atoms with Gasteiger partial charge in [0.25, 0.3) is 0 Å². The molecule has 0 saturated heterocycles. The van der Waals surface area contributed by atoms with E-state index >= 15 is 0 Å². The zero-order valence-corrected chi connectivity index (χ0v) is 11.9. The second kappa shape index (κ2) is 7.27. The van der Waals surface area contributed by atoms with Crippen LogP contribution < -0.4 is 15.2 Å². The molecule has 0 spiro atoms. The number of hydrogen-bond acceptors (Lipinski definition) is 3. The summed E-state index contributed by atoms with van der Waals surface area (Å²) in [6.45, 7) is 8.78. The third kappa shape index (κ3) is 4.96. The van der Waals surface area contributed by atoms with E-state index in [9.17, 15) is 0 Å². The van der Waals surface area contributed by atoms with Gasteiger partial charge in [0.15, 0.2) is 11.5 Å². The maximum Gasteiger partial charge on any atom is 0.161 e. The molecule has 0 aliphatic heterocycles. The summed E-state index contributed by atoms with van der Waals surface area (Å²) in [5.74, 6) is 1.64. The van der Waals surface area contributed by atoms with E-state index in [1.165, 1.54) is 5.56 Å². The van der Waals surface area contributed by atoms with Gasteiger partial charge in [-0.05, 0) is 64.8 Å². The molecule has 1 rings (SSSR count). The van der Waals surface area contributed by atoms with Crippen molar-refractivity contribution >= 4 is 0 Å². The van der Waals surface area contributed by atoms with E-state index in [2.05, 4.69) is 12.1 Å². The predicted molar refractivity (Wildman–Crippen MR) is 75.3 cm³/mol. The van der Waals surface area contributed by atoms with Crippen LogP contribution >= 0.6 is 0 Å². The highest BCUT2D eigenvalue weighted by Gasteiger charge is 2.09. The second-order valence-corrected chi connectivity index (χ2v) is 5.01. The molecular weight excluding hydrogens is 226 g/mol. The molecule has 0 fully saturated rings. The van der Waals surface area contributed by atoms with Crippen LogP contribution in [0.4, 0.5) is 0 Å². The Morgan fingerprint density at radius 1 is 1.00 bits per heavy atom. The molecule has 0 bridgehead atoms. The van der Waals surface area contributed by atoms with Crippen LogP contribution in [0.3, 0.4) is 0 Å². The number of ether oxygens (including phenoxy) is 2. The van der Waals surface area contributed by atoms with Gasteiger partial charge >= 0.3 is 0 Å². The number of benzene rings is 1. The van der Waals surface area contributed by atoms with Gasteiger partial charge in [0.2, 0.25) is 0 Å². The first-order valence-corrected chi connectivity index (χ1v) is 6.69. The molecule has 0 heterocycles. The van der Waals surface area contributed by atoms with Crippen molar-refractivity contribution in [3.05, 3.63) is 23.8 Å². The van der Waals surface area contributed by atoms with Crippen molar-refractivity contribution in [1.82, 2.24) is 0 Å². The van der Waals surface area contributed by atoms with E-state index in [1.54, 1.807) is 0 Å². The Balaban J connectivity index is 2.88. The van der Waals surface area contributed by atoms with Crippen molar-refractivity contribution in [2.75, 3.05) is 6.54 Å². The minimum absolute atomic E-state index is 0.143. The highest BCUT2D eigenvalue weighted by atomic mass is 16.5. The van der Waals surface area contributed by atoms with Crippen molar-refractivity contribution in [2.24, 2.45) is 5.73 Å². The first-order valence-electron chi connectivity index (χ1n) is 6.69. The zero-order chi connectivity index (χ0) is 13.5. The van der Waals surface area contributed by atoms with Crippen molar-refractivity contribution in [1.29, 1.82) is 0 Å². The van der Waals surface area contributed by atoms with Gasteiger partial charge in [-0.25, -0.2) is 0 Å². The quantitative estimate of drug-likeness (QED) is 0.809. The van der Waals surface area contributed by atoms with E-state index in [0.717, 1.165) is 24.3 Å². The summed E-state index contributed by atoms with van der Waals surface area (Å²) in [5, 5.41) is 0. The van der Waals surface area contributed by atoms with E-state index in [4.69, 9.17) is 15.2 Å². The summed E-state index contributed by atoms with van der Waals surface area (Å²) in [6, 6.07) is 6.14. The van der Waals surface area contributed by atoms with E-state index in [0.29, 0.717) is 6.54 Å².